The van der Waals surface area contributed by atoms with Gasteiger partial charge in [-0.05, 0) is 51.7 Å². The van der Waals surface area contributed by atoms with Crippen molar-refractivity contribution in [2.45, 2.75) is 52.4 Å². The molecule has 1 aliphatic rings. The van der Waals surface area contributed by atoms with E-state index in [0.717, 1.165) is 63.8 Å². The van der Waals surface area contributed by atoms with Crippen LogP contribution in [0, 0.1) is 20.8 Å². The first-order valence-electron chi connectivity index (χ1n) is 10.6. The Morgan fingerprint density at radius 3 is 2.59 bits per heavy atom. The molecule has 29 heavy (non-hydrogen) atoms. The van der Waals surface area contributed by atoms with Crippen molar-refractivity contribution in [1.29, 1.82) is 0 Å². The normalized spacial score (nSPS) is 16.6. The molecule has 1 fully saturated rings. The molecule has 158 valence electrons. The molecular weight excluding hydrogens is 380 g/mol. The van der Waals surface area contributed by atoms with Crippen molar-refractivity contribution >= 4 is 17.3 Å². The lowest BCUT2D eigenvalue weighted by atomic mass is 9.72. The van der Waals surface area contributed by atoms with Gasteiger partial charge in [-0.2, -0.15) is 0 Å². The van der Waals surface area contributed by atoms with E-state index in [1.54, 1.807) is 11.3 Å². The molecule has 2 aromatic rings. The zero-order valence-electron chi connectivity index (χ0n) is 18.2. The van der Waals surface area contributed by atoms with E-state index in [4.69, 9.17) is 9.73 Å². The van der Waals surface area contributed by atoms with Crippen molar-refractivity contribution in [3.63, 3.8) is 0 Å². The standard InChI is InChI=1S/C23H34N4OS/c1-5-24-22(25-13-10-21-27-18(3)19(4)29-21)26-16-23(11-14-28-15-12-23)20-9-7-6-8-17(20)2/h6-9H,5,10-16H2,1-4H3,(H2,24,25,26). The fraction of sp³-hybridized carbons (Fsp3) is 0.565. The highest BCUT2D eigenvalue weighted by molar-refractivity contribution is 7.11. The monoisotopic (exact) mass is 414 g/mol. The van der Waals surface area contributed by atoms with Gasteiger partial charge in [0, 0.05) is 43.0 Å². The number of ether oxygens (including phenoxy) is 1. The first-order chi connectivity index (χ1) is 14.0. The number of hydrogen-bond acceptors (Lipinski definition) is 4. The first kappa shape index (κ1) is 21.8. The van der Waals surface area contributed by atoms with Gasteiger partial charge in [-0.3, -0.25) is 4.99 Å². The summed E-state index contributed by atoms with van der Waals surface area (Å²) in [6, 6.07) is 8.73. The third-order valence-electron chi connectivity index (χ3n) is 5.75. The summed E-state index contributed by atoms with van der Waals surface area (Å²) in [5.41, 5.74) is 3.95. The topological polar surface area (TPSA) is 58.5 Å². The molecule has 3 rings (SSSR count). The van der Waals surface area contributed by atoms with E-state index >= 15 is 0 Å². The lowest BCUT2D eigenvalue weighted by Crippen LogP contribution is -2.42. The van der Waals surface area contributed by atoms with Crippen LogP contribution in [0.4, 0.5) is 0 Å². The second-order valence-electron chi connectivity index (χ2n) is 7.83. The molecule has 1 aromatic carbocycles. The zero-order valence-corrected chi connectivity index (χ0v) is 19.0. The van der Waals surface area contributed by atoms with Crippen LogP contribution in [-0.2, 0) is 16.6 Å². The number of nitrogens with one attached hydrogen (secondary N) is 2. The van der Waals surface area contributed by atoms with Gasteiger partial charge in [-0.25, -0.2) is 4.98 Å². The van der Waals surface area contributed by atoms with Crippen LogP contribution < -0.4 is 10.6 Å². The molecule has 0 amide bonds. The summed E-state index contributed by atoms with van der Waals surface area (Å²) in [7, 11) is 0. The number of nitrogens with zero attached hydrogens (tertiary/aromatic N) is 2. The van der Waals surface area contributed by atoms with E-state index in [9.17, 15) is 0 Å². The summed E-state index contributed by atoms with van der Waals surface area (Å²) in [5.74, 6) is 0.886. The maximum atomic E-state index is 5.68. The summed E-state index contributed by atoms with van der Waals surface area (Å²) in [6.45, 7) is 12.6. The molecule has 0 bridgehead atoms. The molecule has 0 atom stereocenters. The number of aryl methyl sites for hydroxylation is 3. The van der Waals surface area contributed by atoms with Crippen LogP contribution in [0.1, 0.15) is 46.5 Å². The number of guanidine groups is 1. The van der Waals surface area contributed by atoms with Gasteiger partial charge < -0.3 is 15.4 Å². The van der Waals surface area contributed by atoms with Crippen molar-refractivity contribution in [3.8, 4) is 0 Å². The Morgan fingerprint density at radius 1 is 1.17 bits per heavy atom. The highest BCUT2D eigenvalue weighted by Gasteiger charge is 2.35. The lowest BCUT2D eigenvalue weighted by Gasteiger charge is -2.37. The van der Waals surface area contributed by atoms with Crippen molar-refractivity contribution in [1.82, 2.24) is 15.6 Å². The van der Waals surface area contributed by atoms with E-state index in [-0.39, 0.29) is 5.41 Å². The van der Waals surface area contributed by atoms with E-state index in [2.05, 4.69) is 67.6 Å². The Bertz CT molecular complexity index is 805. The SMILES string of the molecule is CCNC(=NCC1(c2ccccc2C)CCOCC1)NCCc1nc(C)c(C)s1. The Hall–Kier alpha value is -1.92. The van der Waals surface area contributed by atoms with Crippen LogP contribution in [0.5, 0.6) is 0 Å². The summed E-state index contributed by atoms with van der Waals surface area (Å²) >= 11 is 1.79. The van der Waals surface area contributed by atoms with E-state index in [1.165, 1.54) is 21.0 Å². The lowest BCUT2D eigenvalue weighted by molar-refractivity contribution is 0.0529. The molecule has 5 nitrogen and oxygen atoms in total. The largest absolute Gasteiger partial charge is 0.381 e. The Labute approximate surface area is 179 Å². The number of thiazole rings is 1. The van der Waals surface area contributed by atoms with Gasteiger partial charge >= 0.3 is 0 Å². The van der Waals surface area contributed by atoms with Crippen molar-refractivity contribution in [2.24, 2.45) is 4.99 Å². The summed E-state index contributed by atoms with van der Waals surface area (Å²) in [5, 5.41) is 8.08. The number of rotatable bonds is 7. The minimum absolute atomic E-state index is 0.0511. The molecule has 6 heteroatoms. The van der Waals surface area contributed by atoms with Crippen LogP contribution in [0.3, 0.4) is 0 Å². The maximum Gasteiger partial charge on any atom is 0.191 e. The molecule has 1 aliphatic heterocycles. The van der Waals surface area contributed by atoms with Crippen molar-refractivity contribution in [2.75, 3.05) is 32.8 Å². The molecular formula is C23H34N4OS. The molecule has 0 unspecified atom stereocenters. The number of aliphatic imine (C=N–C) groups is 1. The van der Waals surface area contributed by atoms with E-state index < -0.39 is 0 Å². The van der Waals surface area contributed by atoms with E-state index in [0.29, 0.717) is 0 Å². The van der Waals surface area contributed by atoms with Gasteiger partial charge in [0.15, 0.2) is 5.96 Å². The van der Waals surface area contributed by atoms with Crippen LogP contribution >= 0.6 is 11.3 Å². The minimum atomic E-state index is 0.0511. The Balaban J connectivity index is 1.70. The van der Waals surface area contributed by atoms with Crippen LogP contribution in [0.2, 0.25) is 0 Å². The molecule has 0 aliphatic carbocycles. The van der Waals surface area contributed by atoms with Crippen LogP contribution in [0.25, 0.3) is 0 Å². The fourth-order valence-electron chi connectivity index (χ4n) is 3.95. The number of benzene rings is 1. The second kappa shape index (κ2) is 10.2. The number of hydrogen-bond donors (Lipinski definition) is 2. The van der Waals surface area contributed by atoms with E-state index in [1.807, 2.05) is 0 Å². The summed E-state index contributed by atoms with van der Waals surface area (Å²) in [4.78, 5) is 10.9. The van der Waals surface area contributed by atoms with Gasteiger partial charge in [0.1, 0.15) is 0 Å². The Morgan fingerprint density at radius 2 is 1.93 bits per heavy atom. The molecule has 1 aromatic heterocycles. The molecule has 2 N–H and O–H groups in total. The van der Waals surface area contributed by atoms with Gasteiger partial charge in [0.05, 0.1) is 17.2 Å². The predicted molar refractivity (Wildman–Crippen MR) is 122 cm³/mol. The molecule has 0 saturated carbocycles. The van der Waals surface area contributed by atoms with Gasteiger partial charge in [0.2, 0.25) is 0 Å². The van der Waals surface area contributed by atoms with Crippen LogP contribution in [-0.4, -0.2) is 43.8 Å². The maximum absolute atomic E-state index is 5.68. The second-order valence-corrected chi connectivity index (χ2v) is 9.12. The highest BCUT2D eigenvalue weighted by Crippen LogP contribution is 2.37. The summed E-state index contributed by atoms with van der Waals surface area (Å²) < 4.78 is 5.68. The number of aromatic nitrogens is 1. The van der Waals surface area contributed by atoms with Crippen LogP contribution in [0.15, 0.2) is 29.3 Å². The third-order valence-corrected chi connectivity index (χ3v) is 6.89. The van der Waals surface area contributed by atoms with Gasteiger partial charge in [-0.15, -0.1) is 11.3 Å². The molecule has 1 saturated heterocycles. The van der Waals surface area contributed by atoms with Crippen molar-refractivity contribution < 1.29 is 4.74 Å². The minimum Gasteiger partial charge on any atom is -0.381 e. The highest BCUT2D eigenvalue weighted by atomic mass is 32.1. The molecule has 2 heterocycles. The Kier molecular flexibility index (Phi) is 7.67. The fourth-order valence-corrected chi connectivity index (χ4v) is 4.88. The summed E-state index contributed by atoms with van der Waals surface area (Å²) in [6.07, 6.45) is 2.94. The zero-order chi connectivity index (χ0) is 20.7. The third kappa shape index (κ3) is 5.58. The van der Waals surface area contributed by atoms with Gasteiger partial charge in [0.25, 0.3) is 0 Å². The predicted octanol–water partition coefficient (Wildman–Crippen LogP) is 3.91. The smallest absolute Gasteiger partial charge is 0.191 e. The molecule has 0 radical (unpaired) electrons. The van der Waals surface area contributed by atoms with Crippen molar-refractivity contribution in [3.05, 3.63) is 51.0 Å². The molecule has 0 spiro atoms. The average Bonchev–Trinajstić information content (AvgIpc) is 3.04. The first-order valence-corrected chi connectivity index (χ1v) is 11.4. The quantitative estimate of drug-likeness (QED) is 0.533. The van der Waals surface area contributed by atoms with Gasteiger partial charge in [-0.1, -0.05) is 24.3 Å². The average molecular weight is 415 g/mol.